The van der Waals surface area contributed by atoms with E-state index in [9.17, 15) is 39.9 Å². The molecule has 0 aliphatic carbocycles. The summed E-state index contributed by atoms with van der Waals surface area (Å²) in [4.78, 5) is 10.1. The number of alkyl halides is 7. The van der Waals surface area contributed by atoms with Gasteiger partial charge in [-0.15, -0.1) is 0 Å². The summed E-state index contributed by atoms with van der Waals surface area (Å²) < 4.78 is 96.2. The third-order valence-corrected chi connectivity index (χ3v) is 1.74. The molecule has 10 heteroatoms. The van der Waals surface area contributed by atoms with E-state index in [0.29, 0.717) is 0 Å². The first-order valence-corrected chi connectivity index (χ1v) is 3.71. The molecule has 2 nitrogen and oxygen atoms in total. The molecule has 0 amide bonds. The third kappa shape index (κ3) is 3.07. The van der Waals surface area contributed by atoms with E-state index < -0.39 is 42.3 Å². The predicted molar refractivity (Wildman–Crippen MR) is 37.4 cm³/mol. The van der Waals surface area contributed by atoms with Crippen molar-refractivity contribution in [1.29, 1.82) is 0 Å². The van der Waals surface area contributed by atoms with Crippen molar-refractivity contribution in [3.8, 4) is 0 Å². The lowest BCUT2D eigenvalue weighted by atomic mass is 9.95. The van der Waals surface area contributed by atoms with Crippen molar-refractivity contribution >= 4 is 5.97 Å². The molecule has 0 unspecified atom stereocenters. The Balaban J connectivity index is 5.48. The lowest BCUT2D eigenvalue weighted by Gasteiger charge is -2.29. The van der Waals surface area contributed by atoms with Crippen molar-refractivity contribution in [1.82, 2.24) is 0 Å². The van der Waals surface area contributed by atoms with Crippen LogP contribution in [0.1, 0.15) is 6.42 Å². The second-order valence-corrected chi connectivity index (χ2v) is 2.91. The summed E-state index contributed by atoms with van der Waals surface area (Å²) in [5, 5.41) is 8.06. The maximum absolute atomic E-state index is 12.9. The van der Waals surface area contributed by atoms with Crippen LogP contribution >= 0.6 is 0 Å². The van der Waals surface area contributed by atoms with Gasteiger partial charge in [-0.2, -0.15) is 26.3 Å². The summed E-state index contributed by atoms with van der Waals surface area (Å²) in [6, 6.07) is 0. The minimum absolute atomic E-state index is 1.02. The zero-order valence-electron chi connectivity index (χ0n) is 7.66. The first kappa shape index (κ1) is 15.6. The van der Waals surface area contributed by atoms with Gasteiger partial charge in [0.25, 0.3) is 0 Å². The second kappa shape index (κ2) is 4.49. The molecule has 0 heterocycles. The Morgan fingerprint density at radius 3 is 1.53 bits per heavy atom. The maximum atomic E-state index is 12.9. The Labute approximate surface area is 88.5 Å². The molecule has 0 rings (SSSR count). The van der Waals surface area contributed by atoms with Gasteiger partial charge in [0.2, 0.25) is 0 Å². The normalized spacial score (nSPS) is 14.9. The van der Waals surface area contributed by atoms with Crippen molar-refractivity contribution in [3.63, 3.8) is 0 Å². The lowest BCUT2D eigenvalue weighted by Crippen LogP contribution is -2.53. The summed E-state index contributed by atoms with van der Waals surface area (Å²) >= 11 is 0. The molecule has 0 atom stereocenters. The number of carboxylic acid groups (broad SMARTS) is 1. The van der Waals surface area contributed by atoms with E-state index in [1.807, 2.05) is 0 Å². The average Bonchev–Trinajstić information content (AvgIpc) is 2.09. The van der Waals surface area contributed by atoms with Crippen LogP contribution in [-0.4, -0.2) is 29.1 Å². The van der Waals surface area contributed by atoms with Crippen LogP contribution in [0.15, 0.2) is 11.9 Å². The summed E-state index contributed by atoms with van der Waals surface area (Å²) in [5.41, 5.74) is -7.78. The van der Waals surface area contributed by atoms with E-state index in [1.54, 1.807) is 0 Å². The highest BCUT2D eigenvalue weighted by Crippen LogP contribution is 2.49. The fourth-order valence-corrected chi connectivity index (χ4v) is 0.784. The summed E-state index contributed by atoms with van der Waals surface area (Å²) in [7, 11) is 0. The van der Waals surface area contributed by atoms with E-state index in [2.05, 4.69) is 0 Å². The first-order chi connectivity index (χ1) is 7.37. The second-order valence-electron chi connectivity index (χ2n) is 2.91. The standard InChI is InChI=1S/C7H4F8O2/c8-2-3(4(16)17)1-5(9,6(10,11)12)7(13,14)15/h2H,1H2,(H,16,17). The van der Waals surface area contributed by atoms with Crippen LogP contribution in [-0.2, 0) is 4.79 Å². The molecule has 0 spiro atoms. The summed E-state index contributed by atoms with van der Waals surface area (Å²) in [6.45, 7) is 0. The van der Waals surface area contributed by atoms with Gasteiger partial charge < -0.3 is 5.11 Å². The molecule has 0 aliphatic heterocycles. The van der Waals surface area contributed by atoms with E-state index in [-0.39, 0.29) is 0 Å². The van der Waals surface area contributed by atoms with Crippen LogP contribution < -0.4 is 0 Å². The van der Waals surface area contributed by atoms with Gasteiger partial charge in [-0.25, -0.2) is 13.6 Å². The van der Waals surface area contributed by atoms with Gasteiger partial charge in [0.15, 0.2) is 0 Å². The number of carboxylic acids is 1. The number of carbonyl (C=O) groups is 1. The quantitative estimate of drug-likeness (QED) is 0.633. The first-order valence-electron chi connectivity index (χ1n) is 3.71. The largest absolute Gasteiger partial charge is 0.478 e. The SMILES string of the molecule is O=C(O)C(=CF)CC(F)(C(F)(F)F)C(F)(F)F. The van der Waals surface area contributed by atoms with E-state index in [4.69, 9.17) is 5.11 Å². The molecule has 0 saturated heterocycles. The molecule has 0 aliphatic rings. The lowest BCUT2D eigenvalue weighted by molar-refractivity contribution is -0.340. The monoisotopic (exact) mass is 272 g/mol. The fourth-order valence-electron chi connectivity index (χ4n) is 0.784. The Bertz CT molecular complexity index is 312. The molecule has 100 valence electrons. The van der Waals surface area contributed by atoms with Crippen molar-refractivity contribution in [3.05, 3.63) is 11.9 Å². The molecular weight excluding hydrogens is 268 g/mol. The zero-order chi connectivity index (χ0) is 14.1. The van der Waals surface area contributed by atoms with Crippen LogP contribution in [0.25, 0.3) is 0 Å². The molecule has 0 bridgehead atoms. The maximum Gasteiger partial charge on any atom is 0.431 e. The van der Waals surface area contributed by atoms with Crippen molar-refractivity contribution in [2.24, 2.45) is 0 Å². The number of aliphatic carboxylic acids is 1. The minimum atomic E-state index is -6.41. The highest BCUT2D eigenvalue weighted by atomic mass is 19.4. The topological polar surface area (TPSA) is 37.3 Å². The zero-order valence-corrected chi connectivity index (χ0v) is 7.66. The van der Waals surface area contributed by atoms with Crippen molar-refractivity contribution in [2.45, 2.75) is 24.4 Å². The van der Waals surface area contributed by atoms with Crippen LogP contribution in [0, 0.1) is 0 Å². The molecule has 0 fully saturated rings. The van der Waals surface area contributed by atoms with E-state index in [1.165, 1.54) is 0 Å². The van der Waals surface area contributed by atoms with Crippen molar-refractivity contribution in [2.75, 3.05) is 0 Å². The minimum Gasteiger partial charge on any atom is -0.478 e. The molecule has 0 aromatic heterocycles. The number of hydrogen-bond donors (Lipinski definition) is 1. The highest BCUT2D eigenvalue weighted by Gasteiger charge is 2.72. The third-order valence-electron chi connectivity index (χ3n) is 1.74. The molecule has 0 aromatic carbocycles. The molecular formula is C7H4F8O2. The molecule has 0 radical (unpaired) electrons. The Morgan fingerprint density at radius 2 is 1.35 bits per heavy atom. The van der Waals surface area contributed by atoms with Gasteiger partial charge in [-0.3, -0.25) is 0 Å². The Morgan fingerprint density at radius 1 is 1.00 bits per heavy atom. The number of rotatable bonds is 3. The van der Waals surface area contributed by atoms with Crippen LogP contribution in [0.3, 0.4) is 0 Å². The Hall–Kier alpha value is -1.35. The molecule has 0 aromatic rings. The van der Waals surface area contributed by atoms with E-state index in [0.717, 1.165) is 0 Å². The van der Waals surface area contributed by atoms with Gasteiger partial charge >= 0.3 is 24.0 Å². The molecule has 1 N–H and O–H groups in total. The van der Waals surface area contributed by atoms with Gasteiger partial charge in [0.1, 0.15) is 0 Å². The number of hydrogen-bond acceptors (Lipinski definition) is 1. The molecule has 17 heavy (non-hydrogen) atoms. The molecule has 0 saturated carbocycles. The summed E-state index contributed by atoms with van der Waals surface area (Å²) in [6.07, 6.45) is -16.5. The van der Waals surface area contributed by atoms with E-state index >= 15 is 0 Å². The average molecular weight is 272 g/mol. The highest BCUT2D eigenvalue weighted by molar-refractivity contribution is 5.86. The smallest absolute Gasteiger partial charge is 0.431 e. The van der Waals surface area contributed by atoms with Crippen LogP contribution in [0.5, 0.6) is 0 Å². The van der Waals surface area contributed by atoms with Crippen LogP contribution in [0.2, 0.25) is 0 Å². The van der Waals surface area contributed by atoms with Crippen LogP contribution in [0.4, 0.5) is 35.1 Å². The van der Waals surface area contributed by atoms with Gasteiger partial charge in [0.05, 0.1) is 11.9 Å². The fraction of sp³-hybridized carbons (Fsp3) is 0.571. The summed E-state index contributed by atoms with van der Waals surface area (Å²) in [5.74, 6) is -2.41. The van der Waals surface area contributed by atoms with Crippen molar-refractivity contribution < 1.29 is 45.0 Å². The Kier molecular flexibility index (Phi) is 4.14. The number of halogens is 8. The van der Waals surface area contributed by atoms with Gasteiger partial charge in [-0.05, 0) is 0 Å². The van der Waals surface area contributed by atoms with Gasteiger partial charge in [0, 0.05) is 6.42 Å². The predicted octanol–water partition coefficient (Wildman–Crippen LogP) is 3.15. The van der Waals surface area contributed by atoms with Gasteiger partial charge in [-0.1, -0.05) is 0 Å².